The summed E-state index contributed by atoms with van der Waals surface area (Å²) in [6.45, 7) is 2.96. The van der Waals surface area contributed by atoms with Gasteiger partial charge in [-0.3, -0.25) is 0 Å². The van der Waals surface area contributed by atoms with E-state index < -0.39 is 0 Å². The Labute approximate surface area is 102 Å². The Kier molecular flexibility index (Phi) is 4.13. The zero-order chi connectivity index (χ0) is 12.3. The van der Waals surface area contributed by atoms with Crippen molar-refractivity contribution >= 4 is 0 Å². The average molecular weight is 237 g/mol. The van der Waals surface area contributed by atoms with Crippen molar-refractivity contribution in [2.45, 2.75) is 31.9 Å². The van der Waals surface area contributed by atoms with Crippen LogP contribution >= 0.6 is 0 Å². The molecule has 0 amide bonds. The van der Waals surface area contributed by atoms with Crippen molar-refractivity contribution in [3.63, 3.8) is 0 Å². The molecule has 3 unspecified atom stereocenters. The second-order valence-corrected chi connectivity index (χ2v) is 4.59. The number of ether oxygens (including phenoxy) is 1. The molecule has 0 bridgehead atoms. The van der Waals surface area contributed by atoms with Crippen LogP contribution in [0.15, 0.2) is 24.3 Å². The summed E-state index contributed by atoms with van der Waals surface area (Å²) in [5, 5.41) is 3.31. The molecule has 0 aromatic heterocycles. The van der Waals surface area contributed by atoms with E-state index in [0.717, 1.165) is 25.0 Å². The van der Waals surface area contributed by atoms with Crippen LogP contribution in [0, 0.1) is 11.7 Å². The number of hydrogen-bond donors (Lipinski definition) is 1. The maximum Gasteiger partial charge on any atom is 0.123 e. The molecule has 1 saturated heterocycles. The Morgan fingerprint density at radius 1 is 1.53 bits per heavy atom. The SMILES string of the molecule is CCC1OCCC1C(NC)c1cccc(F)c1. The predicted octanol–water partition coefficient (Wildman–Crippen LogP) is 2.90. The molecule has 3 atom stereocenters. The van der Waals surface area contributed by atoms with Gasteiger partial charge in [0, 0.05) is 18.6 Å². The van der Waals surface area contributed by atoms with Crippen molar-refractivity contribution in [2.75, 3.05) is 13.7 Å². The molecule has 17 heavy (non-hydrogen) atoms. The van der Waals surface area contributed by atoms with E-state index in [1.807, 2.05) is 13.1 Å². The van der Waals surface area contributed by atoms with Crippen LogP contribution in [-0.2, 0) is 4.74 Å². The van der Waals surface area contributed by atoms with Gasteiger partial charge in [0.1, 0.15) is 5.82 Å². The Morgan fingerprint density at radius 2 is 2.35 bits per heavy atom. The summed E-state index contributed by atoms with van der Waals surface area (Å²) < 4.78 is 19.0. The lowest BCUT2D eigenvalue weighted by molar-refractivity contribution is 0.0782. The van der Waals surface area contributed by atoms with Gasteiger partial charge in [0.2, 0.25) is 0 Å². The standard InChI is InChI=1S/C14H20FNO/c1-3-13-12(7-8-17-13)14(16-2)10-5-4-6-11(15)9-10/h4-6,9,12-14,16H,3,7-8H2,1-2H3. The second-order valence-electron chi connectivity index (χ2n) is 4.59. The molecule has 2 nitrogen and oxygen atoms in total. The molecular weight excluding hydrogens is 217 g/mol. The van der Waals surface area contributed by atoms with E-state index in [0.29, 0.717) is 5.92 Å². The highest BCUT2D eigenvalue weighted by Crippen LogP contribution is 2.34. The molecule has 1 aliphatic heterocycles. The normalized spacial score (nSPS) is 26.1. The van der Waals surface area contributed by atoms with Gasteiger partial charge < -0.3 is 10.1 Å². The van der Waals surface area contributed by atoms with Crippen LogP contribution in [-0.4, -0.2) is 19.8 Å². The van der Waals surface area contributed by atoms with Gasteiger partial charge in [-0.15, -0.1) is 0 Å². The quantitative estimate of drug-likeness (QED) is 0.869. The molecule has 94 valence electrons. The molecule has 0 saturated carbocycles. The molecule has 1 aromatic rings. The van der Waals surface area contributed by atoms with Gasteiger partial charge in [-0.05, 0) is 37.6 Å². The van der Waals surface area contributed by atoms with Crippen LogP contribution in [0.4, 0.5) is 4.39 Å². The summed E-state index contributed by atoms with van der Waals surface area (Å²) in [4.78, 5) is 0. The van der Waals surface area contributed by atoms with Crippen LogP contribution in [0.3, 0.4) is 0 Å². The maximum atomic E-state index is 13.3. The van der Waals surface area contributed by atoms with Crippen molar-refractivity contribution in [1.82, 2.24) is 5.32 Å². The van der Waals surface area contributed by atoms with Gasteiger partial charge >= 0.3 is 0 Å². The fourth-order valence-electron chi connectivity index (χ4n) is 2.79. The van der Waals surface area contributed by atoms with E-state index in [9.17, 15) is 4.39 Å². The van der Waals surface area contributed by atoms with E-state index in [1.165, 1.54) is 6.07 Å². The summed E-state index contributed by atoms with van der Waals surface area (Å²) in [6.07, 6.45) is 2.34. The summed E-state index contributed by atoms with van der Waals surface area (Å²) in [5.74, 6) is 0.265. The average Bonchev–Trinajstić information content (AvgIpc) is 2.78. The second kappa shape index (κ2) is 5.61. The molecule has 0 aliphatic carbocycles. The first-order valence-corrected chi connectivity index (χ1v) is 6.30. The van der Waals surface area contributed by atoms with E-state index in [4.69, 9.17) is 4.74 Å². The van der Waals surface area contributed by atoms with Gasteiger partial charge in [-0.2, -0.15) is 0 Å². The number of halogens is 1. The minimum absolute atomic E-state index is 0.172. The first kappa shape index (κ1) is 12.5. The predicted molar refractivity (Wildman–Crippen MR) is 66.3 cm³/mol. The highest BCUT2D eigenvalue weighted by atomic mass is 19.1. The number of benzene rings is 1. The van der Waals surface area contributed by atoms with Gasteiger partial charge in [-0.25, -0.2) is 4.39 Å². The van der Waals surface area contributed by atoms with Crippen molar-refractivity contribution in [3.05, 3.63) is 35.6 Å². The zero-order valence-electron chi connectivity index (χ0n) is 10.4. The van der Waals surface area contributed by atoms with Gasteiger partial charge in [0.25, 0.3) is 0 Å². The summed E-state index contributed by atoms with van der Waals surface area (Å²) >= 11 is 0. The van der Waals surface area contributed by atoms with E-state index in [1.54, 1.807) is 12.1 Å². The van der Waals surface area contributed by atoms with Crippen LogP contribution in [0.25, 0.3) is 0 Å². The van der Waals surface area contributed by atoms with Crippen molar-refractivity contribution in [1.29, 1.82) is 0 Å². The summed E-state index contributed by atoms with van der Waals surface area (Å²) in [5.41, 5.74) is 1.02. The molecule has 1 fully saturated rings. The lowest BCUT2D eigenvalue weighted by Gasteiger charge is -2.27. The molecule has 1 aromatic carbocycles. The minimum atomic E-state index is -0.172. The van der Waals surface area contributed by atoms with Crippen LogP contribution in [0.1, 0.15) is 31.4 Å². The number of rotatable bonds is 4. The first-order chi connectivity index (χ1) is 8.26. The third-order valence-electron chi connectivity index (χ3n) is 3.61. The highest BCUT2D eigenvalue weighted by molar-refractivity contribution is 5.21. The van der Waals surface area contributed by atoms with Crippen LogP contribution in [0.2, 0.25) is 0 Å². The molecule has 3 heteroatoms. The van der Waals surface area contributed by atoms with Crippen LogP contribution in [0.5, 0.6) is 0 Å². The number of hydrogen-bond acceptors (Lipinski definition) is 2. The van der Waals surface area contributed by atoms with Crippen molar-refractivity contribution in [3.8, 4) is 0 Å². The van der Waals surface area contributed by atoms with Crippen LogP contribution < -0.4 is 5.32 Å². The van der Waals surface area contributed by atoms with E-state index in [-0.39, 0.29) is 18.0 Å². The highest BCUT2D eigenvalue weighted by Gasteiger charge is 2.33. The van der Waals surface area contributed by atoms with Gasteiger partial charge in [-0.1, -0.05) is 19.1 Å². The van der Waals surface area contributed by atoms with Gasteiger partial charge in [0.15, 0.2) is 0 Å². The van der Waals surface area contributed by atoms with E-state index >= 15 is 0 Å². The fraction of sp³-hybridized carbons (Fsp3) is 0.571. The third-order valence-corrected chi connectivity index (χ3v) is 3.61. The molecule has 1 heterocycles. The third kappa shape index (κ3) is 2.67. The monoisotopic (exact) mass is 237 g/mol. The summed E-state index contributed by atoms with van der Waals surface area (Å²) in [7, 11) is 1.93. The van der Waals surface area contributed by atoms with Crippen molar-refractivity contribution in [2.24, 2.45) is 5.92 Å². The Balaban J connectivity index is 2.21. The maximum absolute atomic E-state index is 13.3. The van der Waals surface area contributed by atoms with Crippen molar-refractivity contribution < 1.29 is 9.13 Å². The minimum Gasteiger partial charge on any atom is -0.378 e. The first-order valence-electron chi connectivity index (χ1n) is 6.30. The van der Waals surface area contributed by atoms with E-state index in [2.05, 4.69) is 12.2 Å². The molecular formula is C14H20FNO. The Bertz CT molecular complexity index is 369. The topological polar surface area (TPSA) is 21.3 Å². The Morgan fingerprint density at radius 3 is 3.00 bits per heavy atom. The molecule has 2 rings (SSSR count). The molecule has 0 radical (unpaired) electrons. The lowest BCUT2D eigenvalue weighted by atomic mass is 9.87. The number of nitrogens with one attached hydrogen (secondary N) is 1. The zero-order valence-corrected chi connectivity index (χ0v) is 10.4. The fourth-order valence-corrected chi connectivity index (χ4v) is 2.79. The van der Waals surface area contributed by atoms with Gasteiger partial charge in [0.05, 0.1) is 6.10 Å². The molecule has 1 aliphatic rings. The molecule has 1 N–H and O–H groups in total. The Hall–Kier alpha value is -0.930. The molecule has 0 spiro atoms. The summed E-state index contributed by atoms with van der Waals surface area (Å²) in [6, 6.07) is 7.03. The smallest absolute Gasteiger partial charge is 0.123 e. The lowest BCUT2D eigenvalue weighted by Crippen LogP contribution is -2.30. The largest absolute Gasteiger partial charge is 0.378 e.